The van der Waals surface area contributed by atoms with E-state index >= 15 is 0 Å². The predicted octanol–water partition coefficient (Wildman–Crippen LogP) is 2.13. The SMILES string of the molecule is Cc1nn(-c2ccccc2)c2c1C(C(=O)O)CC=C(C(=O)O)N2. The summed E-state index contributed by atoms with van der Waals surface area (Å²) in [6, 6.07) is 9.16. The standard InChI is InChI=1S/C16H15N3O4/c1-9-13-11(15(20)21)7-8-12(16(22)23)17-14(13)19(18-9)10-5-3-2-4-6-10/h2-6,8,11,17H,7H2,1H3,(H,20,21)(H,22,23). The maximum Gasteiger partial charge on any atom is 0.352 e. The van der Waals surface area contributed by atoms with Gasteiger partial charge in [0.25, 0.3) is 0 Å². The van der Waals surface area contributed by atoms with Crippen LogP contribution in [0, 0.1) is 6.92 Å². The van der Waals surface area contributed by atoms with Gasteiger partial charge in [0.2, 0.25) is 0 Å². The van der Waals surface area contributed by atoms with Crippen molar-refractivity contribution in [1.29, 1.82) is 0 Å². The van der Waals surface area contributed by atoms with Gasteiger partial charge in [-0.25, -0.2) is 9.48 Å². The Kier molecular flexibility index (Phi) is 3.61. The summed E-state index contributed by atoms with van der Waals surface area (Å²) < 4.78 is 1.54. The minimum atomic E-state index is -1.14. The summed E-state index contributed by atoms with van der Waals surface area (Å²) in [7, 11) is 0. The zero-order chi connectivity index (χ0) is 16.6. The molecule has 0 saturated carbocycles. The second kappa shape index (κ2) is 5.60. The number of para-hydroxylation sites is 1. The fourth-order valence-corrected chi connectivity index (χ4v) is 2.73. The van der Waals surface area contributed by atoms with Gasteiger partial charge in [0, 0.05) is 5.56 Å². The Bertz CT molecular complexity index is 808. The molecule has 7 heteroatoms. The number of hydrogen-bond donors (Lipinski definition) is 3. The molecule has 0 radical (unpaired) electrons. The normalized spacial score (nSPS) is 16.7. The van der Waals surface area contributed by atoms with Gasteiger partial charge >= 0.3 is 11.9 Å². The topological polar surface area (TPSA) is 104 Å². The molecule has 3 N–H and O–H groups in total. The molecular weight excluding hydrogens is 298 g/mol. The van der Waals surface area contributed by atoms with E-state index < -0.39 is 17.9 Å². The van der Waals surface area contributed by atoms with E-state index in [0.29, 0.717) is 17.1 Å². The largest absolute Gasteiger partial charge is 0.481 e. The van der Waals surface area contributed by atoms with Crippen molar-refractivity contribution in [2.75, 3.05) is 5.32 Å². The Balaban J connectivity index is 2.22. The monoisotopic (exact) mass is 313 g/mol. The van der Waals surface area contributed by atoms with Crippen molar-refractivity contribution < 1.29 is 19.8 Å². The van der Waals surface area contributed by atoms with E-state index in [2.05, 4.69) is 10.4 Å². The van der Waals surface area contributed by atoms with Crippen LogP contribution in [-0.2, 0) is 9.59 Å². The molecule has 2 aromatic rings. The summed E-state index contributed by atoms with van der Waals surface area (Å²) >= 11 is 0. The van der Waals surface area contributed by atoms with Gasteiger partial charge in [-0.2, -0.15) is 5.10 Å². The first-order valence-electron chi connectivity index (χ1n) is 7.07. The van der Waals surface area contributed by atoms with Crippen LogP contribution in [0.1, 0.15) is 23.6 Å². The Labute approximate surface area is 131 Å². The zero-order valence-electron chi connectivity index (χ0n) is 12.4. The number of aromatic nitrogens is 2. The molecule has 1 aliphatic heterocycles. The van der Waals surface area contributed by atoms with E-state index in [0.717, 1.165) is 5.69 Å². The van der Waals surface area contributed by atoms with Gasteiger partial charge in [0.1, 0.15) is 11.5 Å². The predicted molar refractivity (Wildman–Crippen MR) is 82.6 cm³/mol. The molecule has 1 atom stereocenters. The fraction of sp³-hybridized carbons (Fsp3) is 0.188. The van der Waals surface area contributed by atoms with Crippen LogP contribution in [0.25, 0.3) is 5.69 Å². The molecular formula is C16H15N3O4. The first kappa shape index (κ1) is 14.8. The highest BCUT2D eigenvalue weighted by Crippen LogP contribution is 2.36. The molecule has 0 amide bonds. The molecule has 118 valence electrons. The van der Waals surface area contributed by atoms with Gasteiger partial charge in [-0.1, -0.05) is 24.3 Å². The van der Waals surface area contributed by atoms with E-state index in [9.17, 15) is 19.8 Å². The number of aliphatic carboxylic acids is 2. The van der Waals surface area contributed by atoms with Gasteiger partial charge in [0.15, 0.2) is 0 Å². The minimum Gasteiger partial charge on any atom is -0.481 e. The average Bonchev–Trinajstić information content (AvgIpc) is 2.72. The van der Waals surface area contributed by atoms with E-state index in [1.807, 2.05) is 30.3 Å². The maximum absolute atomic E-state index is 11.6. The van der Waals surface area contributed by atoms with Crippen molar-refractivity contribution in [1.82, 2.24) is 9.78 Å². The number of carboxylic acids is 2. The Hall–Kier alpha value is -3.09. The quantitative estimate of drug-likeness (QED) is 0.802. The number of benzene rings is 1. The molecule has 0 spiro atoms. The number of carboxylic acid groups (broad SMARTS) is 2. The van der Waals surface area contributed by atoms with E-state index in [1.54, 1.807) is 11.6 Å². The smallest absolute Gasteiger partial charge is 0.352 e. The van der Waals surface area contributed by atoms with Gasteiger partial charge in [-0.05, 0) is 25.5 Å². The Morgan fingerprint density at radius 2 is 1.96 bits per heavy atom. The first-order chi connectivity index (χ1) is 11.0. The second-order valence-corrected chi connectivity index (χ2v) is 5.27. The molecule has 1 unspecified atom stereocenters. The van der Waals surface area contributed by atoms with Crippen LogP contribution in [0.5, 0.6) is 0 Å². The van der Waals surface area contributed by atoms with Crippen molar-refractivity contribution >= 4 is 17.8 Å². The molecule has 7 nitrogen and oxygen atoms in total. The van der Waals surface area contributed by atoms with Gasteiger partial charge in [-0.15, -0.1) is 0 Å². The fourth-order valence-electron chi connectivity index (χ4n) is 2.73. The lowest BCUT2D eigenvalue weighted by Gasteiger charge is -2.12. The third-order valence-electron chi connectivity index (χ3n) is 3.80. The van der Waals surface area contributed by atoms with E-state index in [-0.39, 0.29) is 12.1 Å². The minimum absolute atomic E-state index is 0.0490. The summed E-state index contributed by atoms with van der Waals surface area (Å²) in [4.78, 5) is 22.9. The third kappa shape index (κ3) is 2.57. The molecule has 1 aliphatic rings. The van der Waals surface area contributed by atoms with Crippen LogP contribution >= 0.6 is 0 Å². The van der Waals surface area contributed by atoms with Crippen LogP contribution in [0.3, 0.4) is 0 Å². The molecule has 2 heterocycles. The highest BCUT2D eigenvalue weighted by molar-refractivity contribution is 5.92. The number of nitrogens with one attached hydrogen (secondary N) is 1. The van der Waals surface area contributed by atoms with E-state index in [1.165, 1.54) is 6.08 Å². The number of aryl methyl sites for hydroxylation is 1. The number of fused-ring (bicyclic) bond motifs is 1. The summed E-state index contributed by atoms with van der Waals surface area (Å²) in [5, 5.41) is 26.0. The molecule has 1 aromatic heterocycles. The number of carbonyl (C=O) groups is 2. The summed E-state index contributed by atoms with van der Waals surface area (Å²) in [6.45, 7) is 1.72. The van der Waals surface area contributed by atoms with Crippen molar-refractivity contribution in [2.45, 2.75) is 19.3 Å². The lowest BCUT2D eigenvalue weighted by atomic mass is 9.96. The Morgan fingerprint density at radius 1 is 1.26 bits per heavy atom. The van der Waals surface area contributed by atoms with Crippen LogP contribution in [0.2, 0.25) is 0 Å². The first-order valence-corrected chi connectivity index (χ1v) is 7.07. The number of rotatable bonds is 3. The zero-order valence-corrected chi connectivity index (χ0v) is 12.4. The van der Waals surface area contributed by atoms with Gasteiger partial charge < -0.3 is 15.5 Å². The number of anilines is 1. The molecule has 0 fully saturated rings. The molecule has 0 aliphatic carbocycles. The summed E-state index contributed by atoms with van der Waals surface area (Å²) in [5.74, 6) is -2.61. The highest BCUT2D eigenvalue weighted by Gasteiger charge is 2.32. The van der Waals surface area contributed by atoms with Crippen LogP contribution in [-0.4, -0.2) is 31.9 Å². The number of hydrogen-bond acceptors (Lipinski definition) is 4. The lowest BCUT2D eigenvalue weighted by Crippen LogP contribution is -2.14. The molecule has 0 bridgehead atoms. The Morgan fingerprint density at radius 3 is 2.57 bits per heavy atom. The van der Waals surface area contributed by atoms with E-state index in [4.69, 9.17) is 0 Å². The van der Waals surface area contributed by atoms with Crippen molar-refractivity contribution in [3.63, 3.8) is 0 Å². The average molecular weight is 313 g/mol. The van der Waals surface area contributed by atoms with Crippen molar-refractivity contribution in [3.05, 3.63) is 53.4 Å². The molecule has 3 rings (SSSR count). The summed E-state index contributed by atoms with van der Waals surface area (Å²) in [5.41, 5.74) is 1.74. The number of allylic oxidation sites excluding steroid dienone is 1. The van der Waals surface area contributed by atoms with Crippen LogP contribution < -0.4 is 5.32 Å². The molecule has 1 aromatic carbocycles. The second-order valence-electron chi connectivity index (χ2n) is 5.27. The highest BCUT2D eigenvalue weighted by atomic mass is 16.4. The van der Waals surface area contributed by atoms with Crippen molar-refractivity contribution in [2.24, 2.45) is 0 Å². The third-order valence-corrected chi connectivity index (χ3v) is 3.80. The molecule has 0 saturated heterocycles. The maximum atomic E-state index is 11.6. The summed E-state index contributed by atoms with van der Waals surface area (Å²) in [6.07, 6.45) is 1.49. The van der Waals surface area contributed by atoms with Gasteiger partial charge in [0.05, 0.1) is 17.3 Å². The van der Waals surface area contributed by atoms with Crippen LogP contribution in [0.15, 0.2) is 42.1 Å². The van der Waals surface area contributed by atoms with Crippen molar-refractivity contribution in [3.8, 4) is 5.69 Å². The van der Waals surface area contributed by atoms with Gasteiger partial charge in [-0.3, -0.25) is 4.79 Å². The molecule has 23 heavy (non-hydrogen) atoms. The lowest BCUT2D eigenvalue weighted by molar-refractivity contribution is -0.139. The number of nitrogens with zero attached hydrogens (tertiary/aromatic N) is 2. The van der Waals surface area contributed by atoms with Crippen LogP contribution in [0.4, 0.5) is 5.82 Å².